The number of thiazole rings is 1. The molecule has 0 spiro atoms. The van der Waals surface area contributed by atoms with Crippen LogP contribution in [-0.2, 0) is 20.9 Å². The van der Waals surface area contributed by atoms with Crippen molar-refractivity contribution in [2.75, 3.05) is 7.11 Å². The standard InChI is InChI=1S/C23H18N4O4S2/c1-31-17(28)10-16-22(30)27-20(25)14(11-24)18(15-8-5-9-32-15)19(23(27)33-16)21(29)26-12-13-6-3-2-4-7-13/h2-10,18H,12,25H2,1H3,(H,26,29)/b16-10-/t18-/m1/s1. The average molecular weight is 479 g/mol. The number of aromatic nitrogens is 1. The van der Waals surface area contributed by atoms with E-state index in [0.717, 1.165) is 32.4 Å². The summed E-state index contributed by atoms with van der Waals surface area (Å²) in [5.41, 5.74) is 6.89. The molecule has 2 aromatic heterocycles. The highest BCUT2D eigenvalue weighted by atomic mass is 32.1. The molecular formula is C23H18N4O4S2. The number of carbonyl (C=O) groups is 2. The van der Waals surface area contributed by atoms with Crippen LogP contribution in [0.4, 0.5) is 0 Å². The summed E-state index contributed by atoms with van der Waals surface area (Å²) in [5, 5.41) is 14.6. The number of ether oxygens (including phenoxy) is 1. The van der Waals surface area contributed by atoms with Gasteiger partial charge in [0.25, 0.3) is 11.5 Å². The molecule has 0 unspecified atom stereocenters. The molecule has 166 valence electrons. The molecule has 0 fully saturated rings. The number of nitrogens with two attached hydrogens (primary N) is 1. The molecule has 0 saturated carbocycles. The second kappa shape index (κ2) is 9.28. The SMILES string of the molecule is COC(=O)/C=c1\sc2n(c1=O)C(N)=C(C#N)[C@H](c1cccs1)C=2C(=O)NCc1ccccc1. The summed E-state index contributed by atoms with van der Waals surface area (Å²) in [4.78, 5) is 39.0. The first kappa shape index (κ1) is 22.3. The van der Waals surface area contributed by atoms with Gasteiger partial charge >= 0.3 is 5.97 Å². The van der Waals surface area contributed by atoms with E-state index in [1.165, 1.54) is 18.4 Å². The van der Waals surface area contributed by atoms with Crippen LogP contribution in [0.5, 0.6) is 0 Å². The van der Waals surface area contributed by atoms with E-state index in [2.05, 4.69) is 16.1 Å². The molecule has 3 heterocycles. The highest BCUT2D eigenvalue weighted by Gasteiger charge is 2.36. The van der Waals surface area contributed by atoms with Crippen molar-refractivity contribution in [2.45, 2.75) is 12.5 Å². The van der Waals surface area contributed by atoms with Crippen LogP contribution in [0.2, 0.25) is 0 Å². The number of amides is 1. The summed E-state index contributed by atoms with van der Waals surface area (Å²) in [6.45, 7) is 0.262. The number of thiophene rings is 1. The third-order valence-corrected chi connectivity index (χ3v) is 7.13. The number of nitrogens with zero attached hydrogens (tertiary/aromatic N) is 2. The van der Waals surface area contributed by atoms with Crippen molar-refractivity contribution < 1.29 is 14.3 Å². The van der Waals surface area contributed by atoms with Crippen molar-refractivity contribution in [3.63, 3.8) is 0 Å². The second-order valence-electron chi connectivity index (χ2n) is 7.02. The predicted octanol–water partition coefficient (Wildman–Crippen LogP) is 0.840. The van der Waals surface area contributed by atoms with Crippen LogP contribution in [-0.4, -0.2) is 23.6 Å². The van der Waals surface area contributed by atoms with E-state index >= 15 is 0 Å². The fourth-order valence-corrected chi connectivity index (χ4v) is 5.53. The first-order valence-electron chi connectivity index (χ1n) is 9.77. The number of benzene rings is 1. The van der Waals surface area contributed by atoms with Gasteiger partial charge in [-0.3, -0.25) is 14.2 Å². The number of hydrogen-bond donors (Lipinski definition) is 2. The number of hydrogen-bond acceptors (Lipinski definition) is 8. The van der Waals surface area contributed by atoms with E-state index in [1.807, 2.05) is 47.8 Å². The topological polar surface area (TPSA) is 127 Å². The third kappa shape index (κ3) is 4.11. The Morgan fingerprint density at radius 2 is 2.03 bits per heavy atom. The summed E-state index contributed by atoms with van der Waals surface area (Å²) >= 11 is 2.34. The van der Waals surface area contributed by atoms with Crippen molar-refractivity contribution >= 4 is 52.0 Å². The van der Waals surface area contributed by atoms with E-state index in [9.17, 15) is 19.6 Å². The molecular weight excluding hydrogens is 460 g/mol. The number of methoxy groups -OCH3 is 1. The fourth-order valence-electron chi connectivity index (χ4n) is 3.55. The van der Waals surface area contributed by atoms with E-state index in [4.69, 9.17) is 5.73 Å². The van der Waals surface area contributed by atoms with Gasteiger partial charge in [0.15, 0.2) is 0 Å². The first-order chi connectivity index (χ1) is 16.0. The van der Waals surface area contributed by atoms with Crippen LogP contribution >= 0.6 is 22.7 Å². The molecule has 1 amide bonds. The lowest BCUT2D eigenvalue weighted by molar-refractivity contribution is -0.133. The van der Waals surface area contributed by atoms with Gasteiger partial charge < -0.3 is 15.8 Å². The number of nitrogens with one attached hydrogen (secondary N) is 1. The van der Waals surface area contributed by atoms with Crippen molar-refractivity contribution in [3.8, 4) is 6.07 Å². The van der Waals surface area contributed by atoms with Gasteiger partial charge in [0.2, 0.25) is 0 Å². The molecule has 8 nitrogen and oxygen atoms in total. The number of carbonyl (C=O) groups excluding carboxylic acids is 2. The summed E-state index contributed by atoms with van der Waals surface area (Å²) < 4.78 is 6.09. The predicted molar refractivity (Wildman–Crippen MR) is 126 cm³/mol. The minimum atomic E-state index is -0.741. The minimum Gasteiger partial charge on any atom is -0.466 e. The monoisotopic (exact) mass is 478 g/mol. The lowest BCUT2D eigenvalue weighted by atomic mass is 9.88. The van der Waals surface area contributed by atoms with Crippen molar-refractivity contribution in [2.24, 2.45) is 5.73 Å². The van der Waals surface area contributed by atoms with Crippen LogP contribution < -0.4 is 25.8 Å². The zero-order valence-corrected chi connectivity index (χ0v) is 19.0. The molecule has 10 heteroatoms. The minimum absolute atomic E-state index is 0.0530. The largest absolute Gasteiger partial charge is 0.466 e. The maximum Gasteiger partial charge on any atom is 0.332 e. The Balaban J connectivity index is 1.95. The smallest absolute Gasteiger partial charge is 0.332 e. The Morgan fingerprint density at radius 3 is 2.67 bits per heavy atom. The van der Waals surface area contributed by atoms with Crippen LogP contribution in [0.3, 0.4) is 0 Å². The van der Waals surface area contributed by atoms with Gasteiger partial charge in [-0.15, -0.1) is 22.7 Å². The Bertz CT molecular complexity index is 1480. The number of esters is 1. The molecule has 0 aliphatic carbocycles. The zero-order chi connectivity index (χ0) is 23.5. The maximum atomic E-state index is 13.5. The Hall–Kier alpha value is -3.94. The molecule has 1 aliphatic rings. The summed E-state index contributed by atoms with van der Waals surface area (Å²) in [6.07, 6.45) is 1.05. The van der Waals surface area contributed by atoms with Gasteiger partial charge in [-0.1, -0.05) is 36.4 Å². The quantitative estimate of drug-likeness (QED) is 0.523. The molecule has 1 atom stereocenters. The number of fused-ring (bicyclic) bond motifs is 1. The Kier molecular flexibility index (Phi) is 6.26. The lowest BCUT2D eigenvalue weighted by Gasteiger charge is -2.24. The van der Waals surface area contributed by atoms with Gasteiger partial charge in [0, 0.05) is 17.5 Å². The van der Waals surface area contributed by atoms with Crippen molar-refractivity contribution in [1.29, 1.82) is 5.26 Å². The number of rotatable bonds is 5. The summed E-state index contributed by atoms with van der Waals surface area (Å²) in [5.74, 6) is -1.94. The zero-order valence-electron chi connectivity index (χ0n) is 17.4. The molecule has 0 radical (unpaired) electrons. The lowest BCUT2D eigenvalue weighted by Crippen LogP contribution is -2.41. The molecule has 3 N–H and O–H groups in total. The van der Waals surface area contributed by atoms with Crippen molar-refractivity contribution in [1.82, 2.24) is 9.88 Å². The number of nitriles is 1. The highest BCUT2D eigenvalue weighted by Crippen LogP contribution is 2.38. The van der Waals surface area contributed by atoms with Gasteiger partial charge in [-0.2, -0.15) is 5.26 Å². The van der Waals surface area contributed by atoms with Crippen molar-refractivity contribution in [3.05, 3.63) is 83.4 Å². The summed E-state index contributed by atoms with van der Waals surface area (Å²) in [6, 6.07) is 15.1. The van der Waals surface area contributed by atoms with E-state index < -0.39 is 23.4 Å². The third-order valence-electron chi connectivity index (χ3n) is 5.09. The first-order valence-corrected chi connectivity index (χ1v) is 11.5. The highest BCUT2D eigenvalue weighted by molar-refractivity contribution is 7.10. The molecule has 1 aromatic carbocycles. The molecule has 0 saturated heterocycles. The Labute approximate surface area is 196 Å². The maximum absolute atomic E-state index is 13.5. The Morgan fingerprint density at radius 1 is 1.27 bits per heavy atom. The van der Waals surface area contributed by atoms with Crippen LogP contribution in [0, 0.1) is 11.3 Å². The van der Waals surface area contributed by atoms with Crippen LogP contribution in [0.1, 0.15) is 16.4 Å². The molecule has 4 rings (SSSR count). The van der Waals surface area contributed by atoms with Gasteiger partial charge in [-0.05, 0) is 17.0 Å². The average Bonchev–Trinajstić information content (AvgIpc) is 3.46. The molecule has 3 aromatic rings. The molecule has 33 heavy (non-hydrogen) atoms. The molecule has 1 aliphatic heterocycles. The van der Waals surface area contributed by atoms with Crippen LogP contribution in [0.15, 0.2) is 58.2 Å². The van der Waals surface area contributed by atoms with E-state index in [0.29, 0.717) is 0 Å². The summed E-state index contributed by atoms with van der Waals surface area (Å²) in [7, 11) is 1.20. The van der Waals surface area contributed by atoms with Gasteiger partial charge in [-0.25, -0.2) is 4.79 Å². The van der Waals surface area contributed by atoms with Crippen LogP contribution in [0.25, 0.3) is 17.5 Å². The fraction of sp³-hybridized carbons (Fsp3) is 0.130. The molecule has 0 bridgehead atoms. The van der Waals surface area contributed by atoms with Gasteiger partial charge in [0.05, 0.1) is 30.2 Å². The normalized spacial score (nSPS) is 15.7. The van der Waals surface area contributed by atoms with Gasteiger partial charge in [0.1, 0.15) is 15.0 Å². The van der Waals surface area contributed by atoms with E-state index in [-0.39, 0.29) is 32.7 Å². The number of allylic oxidation sites excluding steroid dienone is 1. The van der Waals surface area contributed by atoms with E-state index in [1.54, 1.807) is 0 Å². The second-order valence-corrected chi connectivity index (χ2v) is 9.03.